The molecule has 1 atom stereocenters. The number of aryl methyl sites for hydroxylation is 1. The Hall–Kier alpha value is -2.31. The molecule has 1 saturated heterocycles. The van der Waals surface area contributed by atoms with Crippen LogP contribution in [-0.2, 0) is 10.0 Å². The van der Waals surface area contributed by atoms with E-state index in [-0.39, 0.29) is 4.90 Å². The Balaban J connectivity index is 1.36. The summed E-state index contributed by atoms with van der Waals surface area (Å²) in [5.41, 5.74) is 3.13. The Morgan fingerprint density at radius 2 is 1.71 bits per heavy atom. The fraction of sp³-hybridized carbons (Fsp3) is 0.500. The van der Waals surface area contributed by atoms with Crippen molar-refractivity contribution in [2.75, 3.05) is 45.8 Å². The van der Waals surface area contributed by atoms with Crippen LogP contribution in [0.4, 0.5) is 4.39 Å². The zero-order valence-corrected chi connectivity index (χ0v) is 21.0. The number of hydrogen-bond donors (Lipinski definition) is 1. The Morgan fingerprint density at radius 1 is 1.06 bits per heavy atom. The van der Waals surface area contributed by atoms with Gasteiger partial charge in [0.15, 0.2) is 0 Å². The van der Waals surface area contributed by atoms with E-state index in [0.29, 0.717) is 19.0 Å². The van der Waals surface area contributed by atoms with Crippen LogP contribution in [-0.4, -0.2) is 64.0 Å². The van der Waals surface area contributed by atoms with Crippen molar-refractivity contribution >= 4 is 10.0 Å². The second kappa shape index (κ2) is 12.4. The van der Waals surface area contributed by atoms with E-state index in [1.807, 2.05) is 13.0 Å². The lowest BCUT2D eigenvalue weighted by Gasteiger charge is -2.35. The van der Waals surface area contributed by atoms with E-state index in [2.05, 4.69) is 39.6 Å². The van der Waals surface area contributed by atoms with Gasteiger partial charge in [-0.15, -0.1) is 0 Å². The van der Waals surface area contributed by atoms with Gasteiger partial charge in [-0.25, -0.2) is 17.5 Å². The standard InChI is InChI=1S/C26H35FN4O2S/c1-3-22(23-6-7-24(20-28)21(2)19-23)5-4-13-30-15-17-31(18-16-30)14-12-29-34(32,33)26-10-8-25(27)9-11-26/h6-11,19,22,29H,3-5,12-18H2,1-2H3. The summed E-state index contributed by atoms with van der Waals surface area (Å²) in [5.74, 6) is 0.0632. The minimum absolute atomic E-state index is 0.0836. The van der Waals surface area contributed by atoms with Crippen molar-refractivity contribution in [3.63, 3.8) is 0 Å². The highest BCUT2D eigenvalue weighted by Crippen LogP contribution is 2.26. The molecule has 0 spiro atoms. The molecule has 1 N–H and O–H groups in total. The number of hydrogen-bond acceptors (Lipinski definition) is 5. The molecule has 2 aromatic rings. The zero-order valence-electron chi connectivity index (χ0n) is 20.1. The largest absolute Gasteiger partial charge is 0.301 e. The first kappa shape index (κ1) is 26.3. The van der Waals surface area contributed by atoms with Gasteiger partial charge in [-0.05, 0) is 80.1 Å². The van der Waals surface area contributed by atoms with Crippen LogP contribution in [0, 0.1) is 24.1 Å². The predicted octanol–water partition coefficient (Wildman–Crippen LogP) is 3.88. The van der Waals surface area contributed by atoms with E-state index < -0.39 is 15.8 Å². The summed E-state index contributed by atoms with van der Waals surface area (Å²) in [5, 5.41) is 9.15. The van der Waals surface area contributed by atoms with Crippen LogP contribution >= 0.6 is 0 Å². The summed E-state index contributed by atoms with van der Waals surface area (Å²) in [6, 6.07) is 13.3. The lowest BCUT2D eigenvalue weighted by atomic mass is 9.90. The van der Waals surface area contributed by atoms with Crippen LogP contribution < -0.4 is 4.72 Å². The second-order valence-corrected chi connectivity index (χ2v) is 10.7. The quantitative estimate of drug-likeness (QED) is 0.522. The monoisotopic (exact) mass is 486 g/mol. The van der Waals surface area contributed by atoms with Gasteiger partial charge in [-0.1, -0.05) is 19.1 Å². The molecule has 0 radical (unpaired) electrons. The van der Waals surface area contributed by atoms with E-state index in [4.69, 9.17) is 5.26 Å². The second-order valence-electron chi connectivity index (χ2n) is 8.97. The lowest BCUT2D eigenvalue weighted by Crippen LogP contribution is -2.48. The number of nitriles is 1. The molecule has 34 heavy (non-hydrogen) atoms. The smallest absolute Gasteiger partial charge is 0.240 e. The Kier molecular flexibility index (Phi) is 9.60. The molecule has 184 valence electrons. The molecule has 0 saturated carbocycles. The molecule has 2 aromatic carbocycles. The van der Waals surface area contributed by atoms with E-state index in [0.717, 1.165) is 75.2 Å². The Labute approximate surface area is 203 Å². The first-order valence-corrected chi connectivity index (χ1v) is 13.5. The molecular weight excluding hydrogens is 451 g/mol. The van der Waals surface area contributed by atoms with Gasteiger partial charge in [0.2, 0.25) is 10.0 Å². The minimum Gasteiger partial charge on any atom is -0.301 e. The SMILES string of the molecule is CCC(CCCN1CCN(CCNS(=O)(=O)c2ccc(F)cc2)CC1)c1ccc(C#N)c(C)c1. The molecule has 1 aliphatic rings. The summed E-state index contributed by atoms with van der Waals surface area (Å²) in [7, 11) is -3.61. The normalized spacial score (nSPS) is 16.3. The summed E-state index contributed by atoms with van der Waals surface area (Å²) in [6.07, 6.45) is 3.36. The first-order valence-electron chi connectivity index (χ1n) is 12.0. The van der Waals surface area contributed by atoms with E-state index >= 15 is 0 Å². The van der Waals surface area contributed by atoms with Gasteiger partial charge in [0.25, 0.3) is 0 Å². The molecule has 3 rings (SSSR count). The van der Waals surface area contributed by atoms with Gasteiger partial charge in [-0.3, -0.25) is 4.90 Å². The van der Waals surface area contributed by atoms with Crippen molar-refractivity contribution in [3.05, 3.63) is 65.0 Å². The molecule has 0 amide bonds. The van der Waals surface area contributed by atoms with Crippen LogP contribution in [0.2, 0.25) is 0 Å². The van der Waals surface area contributed by atoms with Crippen LogP contribution in [0.1, 0.15) is 48.8 Å². The molecular formula is C26H35FN4O2S. The third kappa shape index (κ3) is 7.34. The van der Waals surface area contributed by atoms with Crippen molar-refractivity contribution in [2.45, 2.75) is 43.9 Å². The molecule has 1 heterocycles. The summed E-state index contributed by atoms with van der Waals surface area (Å²) in [4.78, 5) is 4.84. The number of benzene rings is 2. The number of nitrogens with one attached hydrogen (secondary N) is 1. The number of halogens is 1. The van der Waals surface area contributed by atoms with Gasteiger partial charge in [0.1, 0.15) is 5.82 Å². The van der Waals surface area contributed by atoms with Crippen molar-refractivity contribution in [1.29, 1.82) is 5.26 Å². The summed E-state index contributed by atoms with van der Waals surface area (Å²) < 4.78 is 40.3. The molecule has 1 fully saturated rings. The maximum absolute atomic E-state index is 13.0. The van der Waals surface area contributed by atoms with E-state index in [9.17, 15) is 12.8 Å². The Morgan fingerprint density at radius 3 is 2.29 bits per heavy atom. The third-order valence-electron chi connectivity index (χ3n) is 6.67. The molecule has 0 aromatic heterocycles. The Bertz CT molecular complexity index is 1070. The van der Waals surface area contributed by atoms with E-state index in [1.54, 1.807) is 0 Å². The van der Waals surface area contributed by atoms with E-state index in [1.165, 1.54) is 17.7 Å². The van der Waals surface area contributed by atoms with Crippen LogP contribution in [0.15, 0.2) is 47.4 Å². The van der Waals surface area contributed by atoms with Crippen LogP contribution in [0.3, 0.4) is 0 Å². The lowest BCUT2D eigenvalue weighted by molar-refractivity contribution is 0.132. The maximum atomic E-state index is 13.0. The van der Waals surface area contributed by atoms with Crippen molar-refractivity contribution in [2.24, 2.45) is 0 Å². The maximum Gasteiger partial charge on any atom is 0.240 e. The van der Waals surface area contributed by atoms with Gasteiger partial charge in [-0.2, -0.15) is 5.26 Å². The van der Waals surface area contributed by atoms with Crippen LogP contribution in [0.25, 0.3) is 0 Å². The molecule has 1 unspecified atom stereocenters. The molecule has 0 bridgehead atoms. The fourth-order valence-electron chi connectivity index (χ4n) is 4.51. The topological polar surface area (TPSA) is 76.4 Å². The molecule has 1 aliphatic heterocycles. The molecule has 0 aliphatic carbocycles. The minimum atomic E-state index is -3.61. The highest BCUT2D eigenvalue weighted by Gasteiger charge is 2.19. The molecule has 6 nitrogen and oxygen atoms in total. The number of rotatable bonds is 11. The number of nitrogens with zero attached hydrogens (tertiary/aromatic N) is 3. The van der Waals surface area contributed by atoms with Gasteiger partial charge < -0.3 is 4.90 Å². The number of sulfonamides is 1. The van der Waals surface area contributed by atoms with Crippen molar-refractivity contribution in [3.8, 4) is 6.07 Å². The van der Waals surface area contributed by atoms with Crippen molar-refractivity contribution < 1.29 is 12.8 Å². The number of piperazine rings is 1. The predicted molar refractivity (Wildman–Crippen MR) is 133 cm³/mol. The first-order chi connectivity index (χ1) is 16.3. The summed E-state index contributed by atoms with van der Waals surface area (Å²) in [6.45, 7) is 10.1. The van der Waals surface area contributed by atoms with Crippen molar-refractivity contribution in [1.82, 2.24) is 14.5 Å². The highest BCUT2D eigenvalue weighted by molar-refractivity contribution is 7.89. The average Bonchev–Trinajstić information content (AvgIpc) is 2.83. The molecule has 8 heteroatoms. The van der Waals surface area contributed by atoms with Gasteiger partial charge in [0, 0.05) is 39.3 Å². The van der Waals surface area contributed by atoms with Crippen LogP contribution in [0.5, 0.6) is 0 Å². The third-order valence-corrected chi connectivity index (χ3v) is 8.15. The van der Waals surface area contributed by atoms with Gasteiger partial charge >= 0.3 is 0 Å². The van der Waals surface area contributed by atoms with Gasteiger partial charge in [0.05, 0.1) is 16.5 Å². The summed E-state index contributed by atoms with van der Waals surface area (Å²) >= 11 is 0. The fourth-order valence-corrected chi connectivity index (χ4v) is 5.53. The highest BCUT2D eigenvalue weighted by atomic mass is 32.2. The zero-order chi connectivity index (χ0) is 24.6. The average molecular weight is 487 g/mol.